The van der Waals surface area contributed by atoms with Crippen LogP contribution in [0.5, 0.6) is 0 Å². The zero-order chi connectivity index (χ0) is 15.7. The molecule has 112 valence electrons. The number of hydrogen-bond acceptors (Lipinski definition) is 5. The van der Waals surface area contributed by atoms with E-state index in [9.17, 15) is 10.1 Å². The Hall–Kier alpha value is -2.67. The highest BCUT2D eigenvalue weighted by Gasteiger charge is 2.12. The van der Waals surface area contributed by atoms with Crippen molar-refractivity contribution in [3.05, 3.63) is 57.1 Å². The van der Waals surface area contributed by atoms with Gasteiger partial charge in [-0.15, -0.1) is 5.10 Å². The lowest BCUT2D eigenvalue weighted by Crippen LogP contribution is -2.09. The topological polar surface area (TPSA) is 85.9 Å². The molecule has 0 saturated heterocycles. The van der Waals surface area contributed by atoms with Crippen LogP contribution in [0.4, 0.5) is 11.4 Å². The number of nitro benzene ring substituents is 1. The second-order valence-corrected chi connectivity index (χ2v) is 5.25. The van der Waals surface area contributed by atoms with Crippen LogP contribution in [-0.2, 0) is 6.67 Å². The molecule has 1 aromatic heterocycles. The molecule has 7 nitrogen and oxygen atoms in total. The molecule has 0 bridgehead atoms. The van der Waals surface area contributed by atoms with Crippen LogP contribution in [0.3, 0.4) is 0 Å². The van der Waals surface area contributed by atoms with Crippen molar-refractivity contribution in [2.75, 3.05) is 5.32 Å². The standard InChI is InChI=1S/C14H12ClN5O2/c1-9-2-4-14-12(6-9)17-18-19(14)8-16-10-3-5-13(20(21)22)11(15)7-10/h2-7,16H,8H2,1H3. The summed E-state index contributed by atoms with van der Waals surface area (Å²) in [6, 6.07) is 10.4. The van der Waals surface area contributed by atoms with E-state index in [-0.39, 0.29) is 10.7 Å². The van der Waals surface area contributed by atoms with Gasteiger partial charge in [0.1, 0.15) is 17.2 Å². The van der Waals surface area contributed by atoms with Gasteiger partial charge in [0.05, 0.1) is 10.4 Å². The van der Waals surface area contributed by atoms with Gasteiger partial charge in [-0.3, -0.25) is 10.1 Å². The summed E-state index contributed by atoms with van der Waals surface area (Å²) in [6.07, 6.45) is 0. The average molecular weight is 318 g/mol. The molecule has 0 fully saturated rings. The van der Waals surface area contributed by atoms with Gasteiger partial charge in [-0.05, 0) is 36.8 Å². The number of anilines is 1. The Bertz CT molecular complexity index is 862. The molecule has 0 unspecified atom stereocenters. The molecule has 0 amide bonds. The van der Waals surface area contributed by atoms with E-state index in [1.165, 1.54) is 12.1 Å². The Morgan fingerprint density at radius 3 is 2.86 bits per heavy atom. The molecule has 3 rings (SSSR count). The smallest absolute Gasteiger partial charge is 0.288 e. The molecule has 3 aromatic rings. The van der Waals surface area contributed by atoms with Crippen molar-refractivity contribution >= 4 is 34.0 Å². The minimum atomic E-state index is -0.515. The van der Waals surface area contributed by atoms with E-state index >= 15 is 0 Å². The first-order valence-electron chi connectivity index (χ1n) is 6.52. The lowest BCUT2D eigenvalue weighted by Gasteiger charge is -2.07. The normalized spacial score (nSPS) is 10.8. The molecule has 2 aromatic carbocycles. The SMILES string of the molecule is Cc1ccc2c(c1)nnn2CNc1ccc([N+](=O)[O-])c(Cl)c1. The Morgan fingerprint density at radius 1 is 1.32 bits per heavy atom. The summed E-state index contributed by atoms with van der Waals surface area (Å²) in [5.41, 5.74) is 3.41. The van der Waals surface area contributed by atoms with Crippen molar-refractivity contribution in [1.29, 1.82) is 0 Å². The number of halogens is 1. The maximum absolute atomic E-state index is 10.7. The highest BCUT2D eigenvalue weighted by molar-refractivity contribution is 6.32. The average Bonchev–Trinajstić information content (AvgIpc) is 2.87. The Kier molecular flexibility index (Phi) is 3.64. The number of rotatable bonds is 4. The van der Waals surface area contributed by atoms with E-state index in [2.05, 4.69) is 15.6 Å². The second kappa shape index (κ2) is 5.61. The summed E-state index contributed by atoms with van der Waals surface area (Å²) in [7, 11) is 0. The fourth-order valence-electron chi connectivity index (χ4n) is 2.13. The fourth-order valence-corrected chi connectivity index (χ4v) is 2.38. The Morgan fingerprint density at radius 2 is 2.14 bits per heavy atom. The van der Waals surface area contributed by atoms with Crippen molar-refractivity contribution in [3.63, 3.8) is 0 Å². The van der Waals surface area contributed by atoms with Gasteiger partial charge in [0.15, 0.2) is 0 Å². The summed E-state index contributed by atoms with van der Waals surface area (Å²) in [5, 5.41) is 22.1. The van der Waals surface area contributed by atoms with Gasteiger partial charge in [-0.2, -0.15) is 0 Å². The predicted octanol–water partition coefficient (Wildman–Crippen LogP) is 3.37. The first kappa shape index (κ1) is 14.3. The van der Waals surface area contributed by atoms with Crippen molar-refractivity contribution in [1.82, 2.24) is 15.0 Å². The quantitative estimate of drug-likeness (QED) is 0.589. The fraction of sp³-hybridized carbons (Fsp3) is 0.143. The van der Waals surface area contributed by atoms with Gasteiger partial charge in [0.2, 0.25) is 0 Å². The summed E-state index contributed by atoms with van der Waals surface area (Å²) >= 11 is 5.88. The third kappa shape index (κ3) is 2.71. The Balaban J connectivity index is 1.79. The molecule has 1 N–H and O–H groups in total. The van der Waals surface area contributed by atoms with Gasteiger partial charge in [0.25, 0.3) is 5.69 Å². The molecular formula is C14H12ClN5O2. The summed E-state index contributed by atoms with van der Waals surface area (Å²) in [4.78, 5) is 10.2. The number of nitro groups is 1. The highest BCUT2D eigenvalue weighted by atomic mass is 35.5. The summed E-state index contributed by atoms with van der Waals surface area (Å²) < 4.78 is 1.71. The number of benzene rings is 2. The number of hydrogen-bond donors (Lipinski definition) is 1. The molecule has 0 spiro atoms. The number of aromatic nitrogens is 3. The molecule has 0 aliphatic carbocycles. The van der Waals surface area contributed by atoms with Crippen LogP contribution in [0.15, 0.2) is 36.4 Å². The van der Waals surface area contributed by atoms with Crippen LogP contribution in [-0.4, -0.2) is 19.9 Å². The van der Waals surface area contributed by atoms with Crippen LogP contribution >= 0.6 is 11.6 Å². The molecule has 0 saturated carbocycles. The molecule has 0 radical (unpaired) electrons. The van der Waals surface area contributed by atoms with Crippen LogP contribution < -0.4 is 5.32 Å². The monoisotopic (exact) mass is 317 g/mol. The zero-order valence-electron chi connectivity index (χ0n) is 11.7. The molecule has 8 heteroatoms. The molecule has 0 atom stereocenters. The molecule has 0 aliphatic heterocycles. The van der Waals surface area contributed by atoms with Crippen LogP contribution in [0, 0.1) is 17.0 Å². The van der Waals surface area contributed by atoms with Crippen molar-refractivity contribution in [2.45, 2.75) is 13.6 Å². The van der Waals surface area contributed by atoms with Crippen molar-refractivity contribution in [3.8, 4) is 0 Å². The highest BCUT2D eigenvalue weighted by Crippen LogP contribution is 2.27. The molecule has 0 aliphatic rings. The lowest BCUT2D eigenvalue weighted by atomic mass is 10.2. The number of fused-ring (bicyclic) bond motifs is 1. The molecular weight excluding hydrogens is 306 g/mol. The van der Waals surface area contributed by atoms with E-state index in [0.29, 0.717) is 12.4 Å². The van der Waals surface area contributed by atoms with Gasteiger partial charge < -0.3 is 5.32 Å². The number of aryl methyl sites for hydroxylation is 1. The summed E-state index contributed by atoms with van der Waals surface area (Å²) in [6.45, 7) is 2.38. The zero-order valence-corrected chi connectivity index (χ0v) is 12.4. The van der Waals surface area contributed by atoms with Crippen molar-refractivity contribution in [2.24, 2.45) is 0 Å². The van der Waals surface area contributed by atoms with Gasteiger partial charge >= 0.3 is 0 Å². The van der Waals surface area contributed by atoms with Crippen LogP contribution in [0.1, 0.15) is 5.56 Å². The largest absolute Gasteiger partial charge is 0.366 e. The van der Waals surface area contributed by atoms with Gasteiger partial charge in [-0.1, -0.05) is 22.9 Å². The Labute approximate surface area is 130 Å². The maximum Gasteiger partial charge on any atom is 0.288 e. The minimum Gasteiger partial charge on any atom is -0.366 e. The van der Waals surface area contributed by atoms with Crippen LogP contribution in [0.25, 0.3) is 11.0 Å². The van der Waals surface area contributed by atoms with Crippen LogP contribution in [0.2, 0.25) is 5.02 Å². The maximum atomic E-state index is 10.7. The molecule has 1 heterocycles. The van der Waals surface area contributed by atoms with E-state index in [1.54, 1.807) is 10.7 Å². The third-order valence-corrected chi connectivity index (χ3v) is 3.55. The summed E-state index contributed by atoms with van der Waals surface area (Å²) in [5.74, 6) is 0. The third-order valence-electron chi connectivity index (χ3n) is 3.25. The van der Waals surface area contributed by atoms with E-state index < -0.39 is 4.92 Å². The van der Waals surface area contributed by atoms with Gasteiger partial charge in [-0.25, -0.2) is 4.68 Å². The first-order chi connectivity index (χ1) is 10.5. The molecule has 22 heavy (non-hydrogen) atoms. The van der Waals surface area contributed by atoms with E-state index in [0.717, 1.165) is 16.6 Å². The van der Waals surface area contributed by atoms with E-state index in [1.807, 2.05) is 25.1 Å². The number of nitrogens with one attached hydrogen (secondary N) is 1. The predicted molar refractivity (Wildman–Crippen MR) is 84.0 cm³/mol. The minimum absolute atomic E-state index is 0.0917. The number of nitrogens with zero attached hydrogens (tertiary/aromatic N) is 4. The van der Waals surface area contributed by atoms with Crippen molar-refractivity contribution < 1.29 is 4.92 Å². The lowest BCUT2D eigenvalue weighted by molar-refractivity contribution is -0.384. The van der Waals surface area contributed by atoms with Gasteiger partial charge in [0, 0.05) is 11.8 Å². The second-order valence-electron chi connectivity index (χ2n) is 4.84. The first-order valence-corrected chi connectivity index (χ1v) is 6.90. The van der Waals surface area contributed by atoms with E-state index in [4.69, 9.17) is 11.6 Å².